The zero-order valence-electron chi connectivity index (χ0n) is 17.8. The Bertz CT molecular complexity index is 759. The highest BCUT2D eigenvalue weighted by atomic mass is 127. The molecule has 1 aliphatic rings. The van der Waals surface area contributed by atoms with Crippen LogP contribution in [-0.2, 0) is 6.42 Å². The summed E-state index contributed by atoms with van der Waals surface area (Å²) in [7, 11) is 0. The Morgan fingerprint density at radius 3 is 2.73 bits per heavy atom. The van der Waals surface area contributed by atoms with E-state index >= 15 is 0 Å². The smallest absolute Gasteiger partial charge is 0.191 e. The molecule has 1 aromatic heterocycles. The molecule has 0 radical (unpaired) electrons. The van der Waals surface area contributed by atoms with Crippen LogP contribution in [0.15, 0.2) is 52.1 Å². The lowest BCUT2D eigenvalue weighted by Gasteiger charge is -2.18. The van der Waals surface area contributed by atoms with Crippen molar-refractivity contribution in [2.45, 2.75) is 64.2 Å². The Kier molecular flexibility index (Phi) is 10.5. The highest BCUT2D eigenvalue weighted by Crippen LogP contribution is 2.21. The molecule has 0 amide bonds. The van der Waals surface area contributed by atoms with Crippen LogP contribution in [0.4, 0.5) is 0 Å². The number of nitrogens with zero attached hydrogens (tertiary/aromatic N) is 1. The summed E-state index contributed by atoms with van der Waals surface area (Å²) in [5.41, 5.74) is 0.808. The maximum atomic E-state index is 10.6. The third-order valence-electron chi connectivity index (χ3n) is 4.98. The first kappa shape index (κ1) is 24.5. The molecule has 1 aromatic carbocycles. The number of halogens is 1. The molecule has 1 atom stereocenters. The molecular weight excluding hydrogens is 493 g/mol. The lowest BCUT2D eigenvalue weighted by atomic mass is 10.1. The molecule has 1 unspecified atom stereocenters. The van der Waals surface area contributed by atoms with E-state index in [9.17, 15) is 5.11 Å². The van der Waals surface area contributed by atoms with Gasteiger partial charge in [0.05, 0.1) is 25.0 Å². The fourth-order valence-corrected chi connectivity index (χ4v) is 3.53. The third-order valence-corrected chi connectivity index (χ3v) is 4.98. The summed E-state index contributed by atoms with van der Waals surface area (Å²) in [5.74, 6) is 2.46. The molecule has 7 heteroatoms. The van der Waals surface area contributed by atoms with Crippen molar-refractivity contribution in [1.29, 1.82) is 0 Å². The van der Waals surface area contributed by atoms with Crippen molar-refractivity contribution in [1.82, 2.24) is 10.6 Å². The Hall–Kier alpha value is -1.74. The normalized spacial score (nSPS) is 15.7. The Labute approximate surface area is 196 Å². The first-order valence-corrected chi connectivity index (χ1v) is 10.6. The number of hydrogen-bond donors (Lipinski definition) is 3. The van der Waals surface area contributed by atoms with E-state index in [1.807, 2.05) is 50.2 Å². The van der Waals surface area contributed by atoms with Gasteiger partial charge in [0.2, 0.25) is 0 Å². The van der Waals surface area contributed by atoms with Crippen LogP contribution in [0, 0.1) is 0 Å². The van der Waals surface area contributed by atoms with Crippen molar-refractivity contribution < 1.29 is 14.3 Å². The minimum absolute atomic E-state index is 0. The first-order valence-electron chi connectivity index (χ1n) is 10.6. The van der Waals surface area contributed by atoms with Crippen molar-refractivity contribution in [3.8, 4) is 5.75 Å². The molecule has 1 aliphatic carbocycles. The molecule has 3 rings (SSSR count). The molecule has 2 aromatic rings. The molecule has 0 bridgehead atoms. The second kappa shape index (κ2) is 12.8. The molecule has 1 heterocycles. The lowest BCUT2D eigenvalue weighted by molar-refractivity contribution is 0.185. The van der Waals surface area contributed by atoms with Crippen LogP contribution in [-0.4, -0.2) is 36.3 Å². The fraction of sp³-hybridized carbons (Fsp3) is 0.522. The molecular formula is C23H34IN3O3. The summed E-state index contributed by atoms with van der Waals surface area (Å²) in [6.07, 6.45) is 6.72. The molecule has 166 valence electrons. The van der Waals surface area contributed by atoms with E-state index in [1.54, 1.807) is 6.26 Å². The maximum absolute atomic E-state index is 10.6. The Morgan fingerprint density at radius 2 is 2.03 bits per heavy atom. The van der Waals surface area contributed by atoms with Gasteiger partial charge in [-0.15, -0.1) is 24.0 Å². The van der Waals surface area contributed by atoms with Crippen molar-refractivity contribution in [3.63, 3.8) is 0 Å². The Balaban J connectivity index is 0.00000320. The topological polar surface area (TPSA) is 79.0 Å². The number of hydrogen-bond acceptors (Lipinski definition) is 4. The van der Waals surface area contributed by atoms with Crippen molar-refractivity contribution in [2.24, 2.45) is 4.99 Å². The summed E-state index contributed by atoms with van der Waals surface area (Å²) in [4.78, 5) is 4.65. The van der Waals surface area contributed by atoms with Gasteiger partial charge in [-0.2, -0.15) is 0 Å². The predicted octanol–water partition coefficient (Wildman–Crippen LogP) is 4.44. The molecule has 0 aliphatic heterocycles. The third kappa shape index (κ3) is 8.18. The van der Waals surface area contributed by atoms with Crippen LogP contribution >= 0.6 is 24.0 Å². The second-order valence-electron chi connectivity index (χ2n) is 7.83. The maximum Gasteiger partial charge on any atom is 0.191 e. The molecule has 0 spiro atoms. The SMILES string of the molecule is CC(C)Oc1cccc(C(O)CN=C(NCCc2ccco2)NC2CCCC2)c1.I. The van der Waals surface area contributed by atoms with Crippen LogP contribution < -0.4 is 15.4 Å². The van der Waals surface area contributed by atoms with Gasteiger partial charge in [0, 0.05) is 19.0 Å². The fourth-order valence-electron chi connectivity index (χ4n) is 3.53. The van der Waals surface area contributed by atoms with E-state index in [4.69, 9.17) is 9.15 Å². The van der Waals surface area contributed by atoms with E-state index in [2.05, 4.69) is 15.6 Å². The summed E-state index contributed by atoms with van der Waals surface area (Å²) in [5, 5.41) is 17.5. The highest BCUT2D eigenvalue weighted by Gasteiger charge is 2.17. The monoisotopic (exact) mass is 527 g/mol. The zero-order chi connectivity index (χ0) is 20.5. The summed E-state index contributed by atoms with van der Waals surface area (Å²) in [6.45, 7) is 4.99. The van der Waals surface area contributed by atoms with Crippen LogP contribution in [0.2, 0.25) is 0 Å². The number of aliphatic hydroxyl groups is 1. The highest BCUT2D eigenvalue weighted by molar-refractivity contribution is 14.0. The average molecular weight is 527 g/mol. The number of nitrogens with one attached hydrogen (secondary N) is 2. The van der Waals surface area contributed by atoms with Crippen molar-refractivity contribution in [3.05, 3.63) is 54.0 Å². The minimum atomic E-state index is -0.682. The second-order valence-corrected chi connectivity index (χ2v) is 7.83. The van der Waals surface area contributed by atoms with E-state index in [1.165, 1.54) is 12.8 Å². The molecule has 0 saturated heterocycles. The average Bonchev–Trinajstić information content (AvgIpc) is 3.39. The van der Waals surface area contributed by atoms with Crippen molar-refractivity contribution >= 4 is 29.9 Å². The number of aliphatic hydroxyl groups excluding tert-OH is 1. The van der Waals surface area contributed by atoms with Gasteiger partial charge in [-0.1, -0.05) is 25.0 Å². The largest absolute Gasteiger partial charge is 0.491 e. The van der Waals surface area contributed by atoms with Gasteiger partial charge in [0.15, 0.2) is 5.96 Å². The first-order chi connectivity index (χ1) is 14.1. The number of aliphatic imine (C=N–C) groups is 1. The van der Waals surface area contributed by atoms with Gasteiger partial charge in [0.1, 0.15) is 11.5 Å². The van der Waals surface area contributed by atoms with Crippen molar-refractivity contribution in [2.75, 3.05) is 13.1 Å². The molecule has 6 nitrogen and oxygen atoms in total. The van der Waals surface area contributed by atoms with Crippen LogP contribution in [0.25, 0.3) is 0 Å². The summed E-state index contributed by atoms with van der Waals surface area (Å²) < 4.78 is 11.1. The quantitative estimate of drug-likeness (QED) is 0.255. The number of guanidine groups is 1. The lowest BCUT2D eigenvalue weighted by Crippen LogP contribution is -2.43. The van der Waals surface area contributed by atoms with Crippen LogP contribution in [0.5, 0.6) is 5.75 Å². The summed E-state index contributed by atoms with van der Waals surface area (Å²) >= 11 is 0. The van der Waals surface area contributed by atoms with E-state index in [0.717, 1.165) is 48.8 Å². The van der Waals surface area contributed by atoms with E-state index < -0.39 is 6.10 Å². The van der Waals surface area contributed by atoms with Gasteiger partial charge in [0.25, 0.3) is 0 Å². The van der Waals surface area contributed by atoms with Gasteiger partial charge < -0.3 is 24.9 Å². The zero-order valence-corrected chi connectivity index (χ0v) is 20.2. The predicted molar refractivity (Wildman–Crippen MR) is 131 cm³/mol. The van der Waals surface area contributed by atoms with E-state index in [-0.39, 0.29) is 36.6 Å². The van der Waals surface area contributed by atoms with Crippen LogP contribution in [0.1, 0.15) is 57.0 Å². The molecule has 3 N–H and O–H groups in total. The minimum Gasteiger partial charge on any atom is -0.491 e. The van der Waals surface area contributed by atoms with Gasteiger partial charge in [-0.25, -0.2) is 0 Å². The van der Waals surface area contributed by atoms with E-state index in [0.29, 0.717) is 6.04 Å². The number of benzene rings is 1. The molecule has 30 heavy (non-hydrogen) atoms. The number of ether oxygens (including phenoxy) is 1. The number of rotatable bonds is 9. The summed E-state index contributed by atoms with van der Waals surface area (Å²) in [6, 6.07) is 11.9. The van der Waals surface area contributed by atoms with Gasteiger partial charge >= 0.3 is 0 Å². The standard InChI is InChI=1S/C23H33N3O3.HI/c1-17(2)29-21-10-5-7-18(15-21)22(27)16-25-23(26-19-8-3-4-9-19)24-13-12-20-11-6-14-28-20;/h5-7,10-11,14-15,17,19,22,27H,3-4,8-9,12-13,16H2,1-2H3,(H2,24,25,26);1H. The van der Waals surface area contributed by atoms with Gasteiger partial charge in [-0.3, -0.25) is 4.99 Å². The van der Waals surface area contributed by atoms with Gasteiger partial charge in [-0.05, 0) is 56.5 Å². The number of furan rings is 1. The molecule has 1 saturated carbocycles. The van der Waals surface area contributed by atoms with Crippen LogP contribution in [0.3, 0.4) is 0 Å². The molecule has 1 fully saturated rings. The Morgan fingerprint density at radius 1 is 1.23 bits per heavy atom.